The van der Waals surface area contributed by atoms with Gasteiger partial charge < -0.3 is 5.11 Å². The summed E-state index contributed by atoms with van der Waals surface area (Å²) in [6.07, 6.45) is 0.564. The van der Waals surface area contributed by atoms with Crippen molar-refractivity contribution >= 4 is 10.1 Å². The molecule has 0 aliphatic heterocycles. The van der Waals surface area contributed by atoms with E-state index in [0.29, 0.717) is 23.5 Å². The van der Waals surface area contributed by atoms with Crippen LogP contribution in [0, 0.1) is 12.8 Å². The van der Waals surface area contributed by atoms with E-state index < -0.39 is 10.1 Å². The second-order valence-electron chi connectivity index (χ2n) is 4.32. The highest BCUT2D eigenvalue weighted by atomic mass is 32.2. The van der Waals surface area contributed by atoms with Gasteiger partial charge in [0.05, 0.1) is 4.90 Å². The normalized spacial score (nSPS) is 12.1. The van der Waals surface area contributed by atoms with Gasteiger partial charge in [-0.25, -0.2) is 0 Å². The van der Waals surface area contributed by atoms with E-state index in [4.69, 9.17) is 4.55 Å². The predicted octanol–water partition coefficient (Wildman–Crippen LogP) is 2.15. The molecular formula is C11H16O4S. The molecule has 1 aromatic carbocycles. The molecule has 0 fully saturated rings. The van der Waals surface area contributed by atoms with E-state index in [9.17, 15) is 13.5 Å². The Hall–Kier alpha value is -1.07. The lowest BCUT2D eigenvalue weighted by Crippen LogP contribution is -2.04. The Bertz CT molecular complexity index is 489. The van der Waals surface area contributed by atoms with Gasteiger partial charge in [-0.15, -0.1) is 0 Å². The molecule has 0 spiro atoms. The first-order valence-corrected chi connectivity index (χ1v) is 6.45. The fraction of sp³-hybridized carbons (Fsp3) is 0.455. The van der Waals surface area contributed by atoms with Crippen LogP contribution in [0.25, 0.3) is 0 Å². The van der Waals surface area contributed by atoms with Gasteiger partial charge in [0.15, 0.2) is 0 Å². The third-order valence-electron chi connectivity index (χ3n) is 2.28. The minimum Gasteiger partial charge on any atom is -0.508 e. The van der Waals surface area contributed by atoms with Gasteiger partial charge in [-0.3, -0.25) is 4.55 Å². The number of aryl methyl sites for hydroxylation is 1. The summed E-state index contributed by atoms with van der Waals surface area (Å²) in [5.74, 6) is 0.362. The summed E-state index contributed by atoms with van der Waals surface area (Å²) < 4.78 is 31.2. The Kier molecular flexibility index (Phi) is 3.60. The second-order valence-corrected chi connectivity index (χ2v) is 5.71. The first-order chi connectivity index (χ1) is 7.21. The minimum atomic E-state index is -4.22. The van der Waals surface area contributed by atoms with Crippen molar-refractivity contribution in [2.24, 2.45) is 5.92 Å². The molecule has 5 heteroatoms. The van der Waals surface area contributed by atoms with Gasteiger partial charge in [0.1, 0.15) is 5.75 Å². The number of phenols is 1. The number of rotatable bonds is 3. The van der Waals surface area contributed by atoms with Gasteiger partial charge in [0.2, 0.25) is 0 Å². The molecule has 0 radical (unpaired) electrons. The molecule has 0 unspecified atom stereocenters. The van der Waals surface area contributed by atoms with E-state index in [2.05, 4.69) is 0 Å². The Balaban J connectivity index is 3.33. The molecule has 16 heavy (non-hydrogen) atoms. The monoisotopic (exact) mass is 244 g/mol. The van der Waals surface area contributed by atoms with Gasteiger partial charge in [-0.2, -0.15) is 8.42 Å². The molecule has 1 rings (SSSR count). The molecule has 0 aliphatic rings. The Labute approximate surface area is 95.7 Å². The lowest BCUT2D eigenvalue weighted by Gasteiger charge is -2.11. The molecule has 4 nitrogen and oxygen atoms in total. The summed E-state index contributed by atoms with van der Waals surface area (Å²) in [6.45, 7) is 5.46. The molecule has 0 saturated carbocycles. The predicted molar refractivity (Wildman–Crippen MR) is 61.2 cm³/mol. The second kappa shape index (κ2) is 4.43. The van der Waals surface area contributed by atoms with Crippen molar-refractivity contribution in [2.45, 2.75) is 32.1 Å². The van der Waals surface area contributed by atoms with Crippen molar-refractivity contribution in [3.05, 3.63) is 23.3 Å². The Morgan fingerprint density at radius 3 is 2.31 bits per heavy atom. The van der Waals surface area contributed by atoms with Crippen molar-refractivity contribution in [1.29, 1.82) is 0 Å². The fourth-order valence-electron chi connectivity index (χ4n) is 1.60. The van der Waals surface area contributed by atoms with Gasteiger partial charge in [0.25, 0.3) is 10.1 Å². The van der Waals surface area contributed by atoms with Crippen molar-refractivity contribution in [3.63, 3.8) is 0 Å². The van der Waals surface area contributed by atoms with Crippen LogP contribution in [0.2, 0.25) is 0 Å². The van der Waals surface area contributed by atoms with E-state index in [1.54, 1.807) is 0 Å². The summed E-state index contributed by atoms with van der Waals surface area (Å²) in [6, 6.07) is 2.70. The van der Waals surface area contributed by atoms with Crippen molar-refractivity contribution in [3.8, 4) is 5.75 Å². The molecule has 0 aromatic heterocycles. The zero-order valence-corrected chi connectivity index (χ0v) is 10.4. The minimum absolute atomic E-state index is 0.0681. The van der Waals surface area contributed by atoms with Crippen LogP contribution < -0.4 is 0 Å². The van der Waals surface area contributed by atoms with Crippen LogP contribution in [0.1, 0.15) is 25.0 Å². The van der Waals surface area contributed by atoms with Crippen LogP contribution in [-0.4, -0.2) is 18.1 Å². The van der Waals surface area contributed by atoms with Crippen LogP contribution in [0.5, 0.6) is 5.75 Å². The third-order valence-corrected chi connectivity index (χ3v) is 3.28. The number of aromatic hydroxyl groups is 1. The number of hydrogen-bond acceptors (Lipinski definition) is 3. The molecule has 0 saturated heterocycles. The summed E-state index contributed by atoms with van der Waals surface area (Å²) in [7, 11) is -4.22. The molecule has 0 amide bonds. The van der Waals surface area contributed by atoms with Crippen LogP contribution in [0.3, 0.4) is 0 Å². The highest BCUT2D eigenvalue weighted by molar-refractivity contribution is 7.85. The van der Waals surface area contributed by atoms with Crippen LogP contribution in [0.15, 0.2) is 17.0 Å². The molecule has 0 heterocycles. The average molecular weight is 244 g/mol. The molecule has 1 aromatic rings. The van der Waals surface area contributed by atoms with Crippen LogP contribution in [-0.2, 0) is 16.5 Å². The lowest BCUT2D eigenvalue weighted by atomic mass is 10.0. The summed E-state index contributed by atoms with van der Waals surface area (Å²) in [5, 5.41) is 9.65. The quantitative estimate of drug-likeness (QED) is 0.799. The van der Waals surface area contributed by atoms with Crippen molar-refractivity contribution < 1.29 is 18.1 Å². The maximum absolute atomic E-state index is 11.1. The van der Waals surface area contributed by atoms with Gasteiger partial charge in [0, 0.05) is 0 Å². The van der Waals surface area contributed by atoms with Crippen LogP contribution >= 0.6 is 0 Å². The van der Waals surface area contributed by atoms with E-state index >= 15 is 0 Å². The molecular weight excluding hydrogens is 228 g/mol. The van der Waals surface area contributed by atoms with E-state index in [-0.39, 0.29) is 10.6 Å². The van der Waals surface area contributed by atoms with Crippen LogP contribution in [0.4, 0.5) is 0 Å². The standard InChI is InChI=1S/C11H16O4S/c1-7(2)4-9-6-11(16(13,14)15)8(3)5-10(9)12/h5-7,12H,4H2,1-3H3,(H,13,14,15). The SMILES string of the molecule is Cc1cc(O)c(CC(C)C)cc1S(=O)(=O)O. The lowest BCUT2D eigenvalue weighted by molar-refractivity contribution is 0.459. The van der Waals surface area contributed by atoms with Gasteiger partial charge >= 0.3 is 0 Å². The summed E-state index contributed by atoms with van der Waals surface area (Å²) >= 11 is 0. The summed E-state index contributed by atoms with van der Waals surface area (Å²) in [4.78, 5) is -0.138. The smallest absolute Gasteiger partial charge is 0.294 e. The number of phenolic OH excluding ortho intramolecular Hbond substituents is 1. The molecule has 90 valence electrons. The van der Waals surface area contributed by atoms with E-state index in [0.717, 1.165) is 0 Å². The topological polar surface area (TPSA) is 74.6 Å². The number of benzene rings is 1. The summed E-state index contributed by atoms with van der Waals surface area (Å²) in [5.41, 5.74) is 0.876. The molecule has 0 bridgehead atoms. The maximum atomic E-state index is 11.1. The van der Waals surface area contributed by atoms with E-state index in [1.165, 1.54) is 19.1 Å². The highest BCUT2D eigenvalue weighted by Crippen LogP contribution is 2.27. The van der Waals surface area contributed by atoms with E-state index in [1.807, 2.05) is 13.8 Å². The highest BCUT2D eigenvalue weighted by Gasteiger charge is 2.16. The molecule has 2 N–H and O–H groups in total. The Morgan fingerprint density at radius 2 is 1.88 bits per heavy atom. The first-order valence-electron chi connectivity index (χ1n) is 5.01. The first kappa shape index (κ1) is 13.0. The molecule has 0 atom stereocenters. The maximum Gasteiger partial charge on any atom is 0.294 e. The largest absolute Gasteiger partial charge is 0.508 e. The third kappa shape index (κ3) is 2.96. The zero-order chi connectivity index (χ0) is 12.5. The van der Waals surface area contributed by atoms with Gasteiger partial charge in [-0.1, -0.05) is 13.8 Å². The van der Waals surface area contributed by atoms with Crippen molar-refractivity contribution in [2.75, 3.05) is 0 Å². The number of hydrogen-bond donors (Lipinski definition) is 2. The Morgan fingerprint density at radius 1 is 1.31 bits per heavy atom. The fourth-order valence-corrected chi connectivity index (χ4v) is 2.35. The average Bonchev–Trinajstić information content (AvgIpc) is 2.06. The van der Waals surface area contributed by atoms with Gasteiger partial charge in [-0.05, 0) is 42.5 Å². The molecule has 0 aliphatic carbocycles. The van der Waals surface area contributed by atoms with Crippen molar-refractivity contribution in [1.82, 2.24) is 0 Å². The zero-order valence-electron chi connectivity index (χ0n) is 9.56.